The van der Waals surface area contributed by atoms with Crippen molar-refractivity contribution in [1.82, 2.24) is 24.3 Å². The van der Waals surface area contributed by atoms with Crippen molar-refractivity contribution in [2.45, 2.75) is 17.2 Å². The molecule has 3 rings (SSSR count). The molecule has 2 aromatic heterocycles. The van der Waals surface area contributed by atoms with Crippen LogP contribution in [0.3, 0.4) is 0 Å². The topological polar surface area (TPSA) is 87.5 Å². The van der Waals surface area contributed by atoms with Crippen molar-refractivity contribution in [2.75, 3.05) is 39.3 Å². The number of thiophene rings is 1. The van der Waals surface area contributed by atoms with Crippen molar-refractivity contribution in [2.24, 2.45) is 0 Å². The summed E-state index contributed by atoms with van der Waals surface area (Å²) in [7, 11) is -3.45. The van der Waals surface area contributed by atoms with Crippen LogP contribution in [0.5, 0.6) is 0 Å². The zero-order valence-electron chi connectivity index (χ0n) is 14.8. The van der Waals surface area contributed by atoms with Crippen LogP contribution in [0.2, 0.25) is 0 Å². The predicted octanol–water partition coefficient (Wildman–Crippen LogP) is 1.22. The monoisotopic (exact) mass is 475 g/mol. The summed E-state index contributed by atoms with van der Waals surface area (Å²) in [6.45, 7) is 3.54. The van der Waals surface area contributed by atoms with E-state index in [0.717, 1.165) is 16.8 Å². The molecule has 27 heavy (non-hydrogen) atoms. The number of hydrogen-bond donors (Lipinski definition) is 1. The molecule has 0 radical (unpaired) electrons. The van der Waals surface area contributed by atoms with Crippen molar-refractivity contribution in [3.8, 4) is 0 Å². The summed E-state index contributed by atoms with van der Waals surface area (Å²) in [5, 5.41) is 7.02. The summed E-state index contributed by atoms with van der Waals surface area (Å²) >= 11 is 4.51. The Kier molecular flexibility index (Phi) is 7.04. The molecule has 0 saturated carbocycles. The number of aromatic nitrogens is 2. The Hall–Kier alpha value is -1.27. The van der Waals surface area contributed by atoms with Crippen LogP contribution in [0.15, 0.2) is 38.6 Å². The Bertz CT molecular complexity index is 845. The van der Waals surface area contributed by atoms with Gasteiger partial charge in [-0.25, -0.2) is 8.42 Å². The summed E-state index contributed by atoms with van der Waals surface area (Å²) in [6.07, 6.45) is 4.44. The van der Waals surface area contributed by atoms with Gasteiger partial charge in [0.05, 0.1) is 10.3 Å². The molecule has 0 spiro atoms. The van der Waals surface area contributed by atoms with Gasteiger partial charge in [0.1, 0.15) is 4.21 Å². The molecule has 0 unspecified atom stereocenters. The lowest BCUT2D eigenvalue weighted by atomic mass is 10.3. The third-order valence-corrected chi connectivity index (χ3v) is 8.28. The van der Waals surface area contributed by atoms with E-state index in [1.165, 1.54) is 15.6 Å². The summed E-state index contributed by atoms with van der Waals surface area (Å²) in [5.74, 6) is -0.0334. The molecule has 1 aliphatic heterocycles. The number of aryl methyl sites for hydroxylation is 1. The van der Waals surface area contributed by atoms with E-state index >= 15 is 0 Å². The number of rotatable bonds is 8. The Balaban J connectivity index is 1.38. The van der Waals surface area contributed by atoms with Crippen LogP contribution < -0.4 is 5.32 Å². The maximum absolute atomic E-state index is 12.6. The number of hydrogen-bond acceptors (Lipinski definition) is 6. The molecule has 1 N–H and O–H groups in total. The van der Waals surface area contributed by atoms with E-state index in [-0.39, 0.29) is 5.91 Å². The quantitative estimate of drug-likeness (QED) is 0.579. The lowest BCUT2D eigenvalue weighted by Gasteiger charge is -2.33. The second-order valence-corrected chi connectivity index (χ2v) is 10.8. The smallest absolute Gasteiger partial charge is 0.252 e. The van der Waals surface area contributed by atoms with Crippen LogP contribution in [0.25, 0.3) is 0 Å². The molecular formula is C16H22BrN5O3S2. The van der Waals surface area contributed by atoms with Gasteiger partial charge in [0, 0.05) is 51.7 Å². The van der Waals surface area contributed by atoms with E-state index in [2.05, 4.69) is 26.3 Å². The lowest BCUT2D eigenvalue weighted by molar-refractivity contribution is -0.122. The van der Waals surface area contributed by atoms with Crippen LogP contribution in [0, 0.1) is 0 Å². The third kappa shape index (κ3) is 5.61. The second-order valence-electron chi connectivity index (χ2n) is 6.21. The van der Waals surface area contributed by atoms with Gasteiger partial charge < -0.3 is 5.32 Å². The van der Waals surface area contributed by atoms with Gasteiger partial charge in [0.2, 0.25) is 5.91 Å². The Labute approximate surface area is 171 Å². The molecule has 0 aromatic carbocycles. The minimum atomic E-state index is -3.45. The third-order valence-electron chi connectivity index (χ3n) is 4.29. The van der Waals surface area contributed by atoms with Gasteiger partial charge in [0.15, 0.2) is 0 Å². The molecule has 1 saturated heterocycles. The molecule has 1 fully saturated rings. The van der Waals surface area contributed by atoms with Crippen LogP contribution in [-0.4, -0.2) is 72.6 Å². The average Bonchev–Trinajstić information content (AvgIpc) is 3.31. The number of carbonyl (C=O) groups excluding carboxylic acids is 1. The molecule has 1 amide bonds. The fourth-order valence-corrected chi connectivity index (χ4v) is 6.44. The maximum Gasteiger partial charge on any atom is 0.252 e. The van der Waals surface area contributed by atoms with Gasteiger partial charge >= 0.3 is 0 Å². The summed E-state index contributed by atoms with van der Waals surface area (Å²) in [6, 6.07) is 5.23. The number of carbonyl (C=O) groups is 1. The largest absolute Gasteiger partial charge is 0.355 e. The van der Waals surface area contributed by atoms with Gasteiger partial charge in [-0.3, -0.25) is 14.4 Å². The van der Waals surface area contributed by atoms with E-state index in [9.17, 15) is 13.2 Å². The van der Waals surface area contributed by atoms with E-state index in [1.54, 1.807) is 18.3 Å². The van der Waals surface area contributed by atoms with Gasteiger partial charge in [-0.15, -0.1) is 11.3 Å². The van der Waals surface area contributed by atoms with Crippen molar-refractivity contribution >= 4 is 43.2 Å². The first-order valence-electron chi connectivity index (χ1n) is 8.67. The lowest BCUT2D eigenvalue weighted by Crippen LogP contribution is -2.51. The van der Waals surface area contributed by atoms with Crippen molar-refractivity contribution in [3.63, 3.8) is 0 Å². The molecule has 1 aliphatic rings. The molecule has 148 valence electrons. The van der Waals surface area contributed by atoms with E-state index in [1.807, 2.05) is 21.8 Å². The molecular weight excluding hydrogens is 454 g/mol. The highest BCUT2D eigenvalue weighted by molar-refractivity contribution is 9.11. The highest BCUT2D eigenvalue weighted by atomic mass is 79.9. The van der Waals surface area contributed by atoms with E-state index < -0.39 is 10.0 Å². The van der Waals surface area contributed by atoms with E-state index in [4.69, 9.17) is 0 Å². The zero-order valence-corrected chi connectivity index (χ0v) is 18.0. The fraction of sp³-hybridized carbons (Fsp3) is 0.500. The van der Waals surface area contributed by atoms with Crippen molar-refractivity contribution < 1.29 is 13.2 Å². The summed E-state index contributed by atoms with van der Waals surface area (Å²) in [4.78, 5) is 14.0. The molecule has 0 atom stereocenters. The number of nitrogens with one attached hydrogen (secondary N) is 1. The van der Waals surface area contributed by atoms with Gasteiger partial charge in [-0.2, -0.15) is 9.40 Å². The van der Waals surface area contributed by atoms with Crippen molar-refractivity contribution in [3.05, 3.63) is 34.4 Å². The van der Waals surface area contributed by atoms with E-state index in [0.29, 0.717) is 43.5 Å². The Morgan fingerprint density at radius 1 is 1.26 bits per heavy atom. The zero-order chi connectivity index (χ0) is 19.3. The molecule has 0 aliphatic carbocycles. The summed E-state index contributed by atoms with van der Waals surface area (Å²) < 4.78 is 29.7. The highest BCUT2D eigenvalue weighted by Gasteiger charge is 2.30. The minimum absolute atomic E-state index is 0.0334. The number of nitrogens with zero attached hydrogens (tertiary/aromatic N) is 4. The number of halogens is 1. The van der Waals surface area contributed by atoms with Gasteiger partial charge in [0.25, 0.3) is 10.0 Å². The van der Waals surface area contributed by atoms with Gasteiger partial charge in [-0.05, 0) is 40.5 Å². The Morgan fingerprint density at radius 2 is 2.04 bits per heavy atom. The predicted molar refractivity (Wildman–Crippen MR) is 107 cm³/mol. The molecule has 11 heteroatoms. The van der Waals surface area contributed by atoms with Crippen LogP contribution >= 0.6 is 27.3 Å². The first kappa shape index (κ1) is 20.5. The first-order valence-corrected chi connectivity index (χ1v) is 11.7. The highest BCUT2D eigenvalue weighted by Crippen LogP contribution is 2.28. The molecule has 3 heterocycles. The first-order chi connectivity index (χ1) is 12.9. The molecule has 0 bridgehead atoms. The van der Waals surface area contributed by atoms with Crippen molar-refractivity contribution in [1.29, 1.82) is 0 Å². The molecule has 8 nitrogen and oxygen atoms in total. The van der Waals surface area contributed by atoms with Crippen LogP contribution in [0.4, 0.5) is 0 Å². The average molecular weight is 476 g/mol. The maximum atomic E-state index is 12.6. The number of amides is 1. The fourth-order valence-electron chi connectivity index (χ4n) is 2.85. The normalized spacial score (nSPS) is 16.5. The van der Waals surface area contributed by atoms with Crippen LogP contribution in [0.1, 0.15) is 6.42 Å². The number of piperazine rings is 1. The summed E-state index contributed by atoms with van der Waals surface area (Å²) in [5.41, 5.74) is 0. The Morgan fingerprint density at radius 3 is 2.67 bits per heavy atom. The minimum Gasteiger partial charge on any atom is -0.355 e. The SMILES string of the molecule is O=C(CN1CCN(S(=O)(=O)c2ccc(Br)s2)CC1)NCCCn1cccn1. The second kappa shape index (κ2) is 9.28. The standard InChI is InChI=1S/C16H22BrN5O3S2/c17-14-3-4-16(26-14)27(24,25)22-11-9-20(10-12-22)13-15(23)18-5-1-7-21-8-2-6-19-21/h2-4,6,8H,1,5,7,9-13H2,(H,18,23). The van der Waals surface area contributed by atoms with Crippen LogP contribution in [-0.2, 0) is 21.4 Å². The molecule has 2 aromatic rings. The van der Waals surface area contributed by atoms with Gasteiger partial charge in [-0.1, -0.05) is 0 Å². The number of sulfonamides is 1.